The van der Waals surface area contributed by atoms with E-state index in [1.54, 1.807) is 0 Å². The quantitative estimate of drug-likeness (QED) is 0.489. The molecule has 1 rings (SSSR count). The fourth-order valence-electron chi connectivity index (χ4n) is 1.72. The zero-order valence-electron chi connectivity index (χ0n) is 7.29. The number of aliphatic hydroxyl groups is 2. The molecule has 1 fully saturated rings. The van der Waals surface area contributed by atoms with Crippen LogP contribution in [0.3, 0.4) is 0 Å². The predicted octanol–water partition coefficient (Wildman–Crippen LogP) is -0.702. The molecule has 0 aromatic carbocycles. The van der Waals surface area contributed by atoms with E-state index in [1.807, 2.05) is 0 Å². The molecular weight excluding hydrogens is 153 g/mol. The molecule has 0 aliphatic carbocycles. The molecule has 12 heavy (non-hydrogen) atoms. The average molecular weight is 169 g/mol. The lowest BCUT2D eigenvalue weighted by Crippen LogP contribution is -2.42. The van der Waals surface area contributed by atoms with Gasteiger partial charge in [-0.3, -0.25) is 0 Å². The largest absolute Gasteiger partial charge is 0.396 e. The van der Waals surface area contributed by atoms with Gasteiger partial charge >= 0.3 is 0 Å². The summed E-state index contributed by atoms with van der Waals surface area (Å²) in [7, 11) is 6.04. The second kappa shape index (κ2) is 4.26. The molecule has 0 aromatic heterocycles. The lowest BCUT2D eigenvalue weighted by atomic mass is 9.57. The van der Waals surface area contributed by atoms with E-state index in [4.69, 9.17) is 18.1 Å². The van der Waals surface area contributed by atoms with E-state index in [0.29, 0.717) is 6.54 Å². The first kappa shape index (κ1) is 10.0. The third kappa shape index (κ3) is 2.00. The topological polar surface area (TPSA) is 52.5 Å². The molecule has 1 saturated heterocycles. The van der Waals surface area contributed by atoms with Gasteiger partial charge in [-0.2, -0.15) is 0 Å². The van der Waals surface area contributed by atoms with Crippen molar-refractivity contribution in [2.75, 3.05) is 26.3 Å². The van der Waals surface area contributed by atoms with Gasteiger partial charge in [0, 0.05) is 19.1 Å². The Hall–Kier alpha value is -0.0551. The first-order valence-electron chi connectivity index (χ1n) is 4.44. The molecule has 4 heteroatoms. The highest BCUT2D eigenvalue weighted by Crippen LogP contribution is 2.37. The van der Waals surface area contributed by atoms with E-state index in [0.717, 1.165) is 19.4 Å². The van der Waals surface area contributed by atoms with Gasteiger partial charge in [0.1, 0.15) is 0 Å². The van der Waals surface area contributed by atoms with Gasteiger partial charge in [0.15, 0.2) is 0 Å². The van der Waals surface area contributed by atoms with Gasteiger partial charge in [0.05, 0.1) is 7.85 Å². The SMILES string of the molecule is [B][C@@]1(C(CO)CO)CCCNC1. The van der Waals surface area contributed by atoms with Crippen LogP contribution < -0.4 is 5.32 Å². The van der Waals surface area contributed by atoms with E-state index in [1.165, 1.54) is 0 Å². The molecule has 1 heterocycles. The number of aliphatic hydroxyl groups excluding tert-OH is 2. The van der Waals surface area contributed by atoms with E-state index < -0.39 is 5.31 Å². The third-order valence-electron chi connectivity index (χ3n) is 2.70. The van der Waals surface area contributed by atoms with Crippen molar-refractivity contribution in [1.82, 2.24) is 5.32 Å². The zero-order valence-corrected chi connectivity index (χ0v) is 7.29. The number of rotatable bonds is 3. The second-order valence-electron chi connectivity index (χ2n) is 3.58. The van der Waals surface area contributed by atoms with Gasteiger partial charge in [-0.1, -0.05) is 6.42 Å². The highest BCUT2D eigenvalue weighted by molar-refractivity contribution is 6.15. The van der Waals surface area contributed by atoms with Crippen LogP contribution in [0.15, 0.2) is 0 Å². The molecule has 0 spiro atoms. The highest BCUT2D eigenvalue weighted by atomic mass is 16.3. The van der Waals surface area contributed by atoms with Crippen LogP contribution in [0.25, 0.3) is 0 Å². The van der Waals surface area contributed by atoms with Crippen molar-refractivity contribution >= 4 is 7.85 Å². The van der Waals surface area contributed by atoms with Crippen molar-refractivity contribution in [1.29, 1.82) is 0 Å². The molecule has 0 aromatic rings. The molecule has 3 N–H and O–H groups in total. The van der Waals surface area contributed by atoms with Crippen LogP contribution >= 0.6 is 0 Å². The Morgan fingerprint density at radius 3 is 2.50 bits per heavy atom. The Balaban J connectivity index is 2.53. The molecule has 0 unspecified atom stereocenters. The van der Waals surface area contributed by atoms with Crippen molar-refractivity contribution in [3.63, 3.8) is 0 Å². The number of hydrogen-bond acceptors (Lipinski definition) is 3. The summed E-state index contributed by atoms with van der Waals surface area (Å²) in [5.74, 6) is -0.190. The maximum absolute atomic E-state index is 8.98. The molecule has 1 aliphatic rings. The minimum atomic E-state index is -0.415. The molecule has 1 atom stereocenters. The van der Waals surface area contributed by atoms with Gasteiger partial charge in [0.25, 0.3) is 0 Å². The minimum absolute atomic E-state index is 0.0331. The molecule has 3 nitrogen and oxygen atoms in total. The Kier molecular flexibility index (Phi) is 3.56. The maximum Gasteiger partial charge on any atom is 0.0769 e. The standard InChI is InChI=1S/C8H16BNO2/c9-8(7(4-11)5-12)2-1-3-10-6-8/h7,10-12H,1-6H2/t8-/m0/s1. The fourth-order valence-corrected chi connectivity index (χ4v) is 1.72. The molecule has 0 bridgehead atoms. The fraction of sp³-hybridized carbons (Fsp3) is 1.00. The van der Waals surface area contributed by atoms with Gasteiger partial charge < -0.3 is 15.5 Å². The first-order valence-corrected chi connectivity index (χ1v) is 4.44. The predicted molar refractivity (Wildman–Crippen MR) is 48.2 cm³/mol. The van der Waals surface area contributed by atoms with E-state index >= 15 is 0 Å². The molecule has 1 aliphatic heterocycles. The van der Waals surface area contributed by atoms with Crippen molar-refractivity contribution in [3.8, 4) is 0 Å². The molecular formula is C8H16BNO2. The van der Waals surface area contributed by atoms with Crippen LogP contribution in [-0.2, 0) is 0 Å². The Morgan fingerprint density at radius 2 is 2.08 bits per heavy atom. The van der Waals surface area contributed by atoms with Gasteiger partial charge in [0.2, 0.25) is 0 Å². The van der Waals surface area contributed by atoms with Gasteiger partial charge in [-0.25, -0.2) is 0 Å². The lowest BCUT2D eigenvalue weighted by Gasteiger charge is -2.40. The normalized spacial score (nSPS) is 30.9. The summed E-state index contributed by atoms with van der Waals surface area (Å²) in [6.45, 7) is 1.62. The van der Waals surface area contributed by atoms with Crippen molar-refractivity contribution in [2.45, 2.75) is 18.2 Å². The van der Waals surface area contributed by atoms with Crippen molar-refractivity contribution in [3.05, 3.63) is 0 Å². The van der Waals surface area contributed by atoms with Crippen LogP contribution in [0.1, 0.15) is 12.8 Å². The summed E-state index contributed by atoms with van der Waals surface area (Å²) in [5, 5.41) is 20.7. The summed E-state index contributed by atoms with van der Waals surface area (Å²) in [4.78, 5) is 0. The first-order chi connectivity index (χ1) is 5.73. The molecule has 0 amide bonds. The van der Waals surface area contributed by atoms with E-state index in [-0.39, 0.29) is 19.1 Å². The van der Waals surface area contributed by atoms with Crippen molar-refractivity contribution < 1.29 is 10.2 Å². The lowest BCUT2D eigenvalue weighted by molar-refractivity contribution is 0.103. The number of piperidine rings is 1. The monoisotopic (exact) mass is 169 g/mol. The molecule has 0 saturated carbocycles. The summed E-state index contributed by atoms with van der Waals surface area (Å²) in [6.07, 6.45) is 1.90. The van der Waals surface area contributed by atoms with Crippen LogP contribution in [0.2, 0.25) is 5.31 Å². The van der Waals surface area contributed by atoms with Crippen LogP contribution in [0.5, 0.6) is 0 Å². The molecule has 68 valence electrons. The third-order valence-corrected chi connectivity index (χ3v) is 2.70. The Labute approximate surface area is 74.6 Å². The van der Waals surface area contributed by atoms with Gasteiger partial charge in [-0.15, -0.1) is 0 Å². The minimum Gasteiger partial charge on any atom is -0.396 e. The van der Waals surface area contributed by atoms with Crippen LogP contribution in [0.4, 0.5) is 0 Å². The number of nitrogens with one attached hydrogen (secondary N) is 1. The second-order valence-corrected chi connectivity index (χ2v) is 3.58. The maximum atomic E-state index is 8.98. The Bertz CT molecular complexity index is 133. The van der Waals surface area contributed by atoms with E-state index in [9.17, 15) is 0 Å². The van der Waals surface area contributed by atoms with Crippen molar-refractivity contribution in [2.24, 2.45) is 5.92 Å². The Morgan fingerprint density at radius 1 is 1.42 bits per heavy atom. The van der Waals surface area contributed by atoms with Gasteiger partial charge in [-0.05, 0) is 24.8 Å². The summed E-state index contributed by atoms with van der Waals surface area (Å²) in [5.41, 5.74) is 0. The smallest absolute Gasteiger partial charge is 0.0769 e. The number of hydrogen-bond donors (Lipinski definition) is 3. The summed E-state index contributed by atoms with van der Waals surface area (Å²) >= 11 is 0. The van der Waals surface area contributed by atoms with Crippen LogP contribution in [-0.4, -0.2) is 44.4 Å². The zero-order chi connectivity index (χ0) is 9.03. The molecule has 2 radical (unpaired) electrons. The average Bonchev–Trinajstić information content (AvgIpc) is 2.07. The van der Waals surface area contributed by atoms with E-state index in [2.05, 4.69) is 5.32 Å². The van der Waals surface area contributed by atoms with Crippen LogP contribution in [0, 0.1) is 5.92 Å². The highest BCUT2D eigenvalue weighted by Gasteiger charge is 2.33. The summed E-state index contributed by atoms with van der Waals surface area (Å²) < 4.78 is 0. The summed E-state index contributed by atoms with van der Waals surface area (Å²) in [6, 6.07) is 0.